The molecule has 2 aliphatic heterocycles. The van der Waals surface area contributed by atoms with Crippen molar-refractivity contribution in [1.82, 2.24) is 4.57 Å². The highest BCUT2D eigenvalue weighted by Gasteiger charge is 2.57. The molecule has 0 radical (unpaired) electrons. The lowest BCUT2D eigenvalue weighted by Crippen LogP contribution is -2.32. The molecular weight excluding hydrogens is 626 g/mol. The number of thioether (sulfide) groups is 1. The fraction of sp³-hybridized carbons (Fsp3) is 0.133. The normalized spacial score (nSPS) is 19.8. The molecule has 41 heavy (non-hydrogen) atoms. The van der Waals surface area contributed by atoms with Crippen molar-refractivity contribution in [2.24, 2.45) is 5.92 Å². The molecular formula is C30H20BrN3O5S2. The number of hydrogen-bond acceptors (Lipinski definition) is 7. The van der Waals surface area contributed by atoms with E-state index >= 15 is 0 Å². The summed E-state index contributed by atoms with van der Waals surface area (Å²) >= 11 is 5.55. The smallest absolute Gasteiger partial charge is 0.308 e. The molecule has 1 saturated heterocycles. The number of fused-ring (bicyclic) bond motifs is 3. The maximum atomic E-state index is 13.8. The highest BCUT2D eigenvalue weighted by atomic mass is 79.9. The predicted octanol–water partition coefficient (Wildman–Crippen LogP) is 5.85. The van der Waals surface area contributed by atoms with Gasteiger partial charge in [0.2, 0.25) is 17.7 Å². The first kappa shape index (κ1) is 26.0. The van der Waals surface area contributed by atoms with Crippen molar-refractivity contribution in [2.45, 2.75) is 22.7 Å². The molecule has 2 aliphatic rings. The van der Waals surface area contributed by atoms with Crippen LogP contribution >= 0.6 is 39.0 Å². The second-order valence-electron chi connectivity index (χ2n) is 9.74. The number of anilines is 2. The number of benzene rings is 3. The monoisotopic (exact) mass is 645 g/mol. The average molecular weight is 647 g/mol. The van der Waals surface area contributed by atoms with Crippen molar-refractivity contribution in [3.05, 3.63) is 110 Å². The number of hydrogen-bond donors (Lipinski definition) is 1. The summed E-state index contributed by atoms with van der Waals surface area (Å²) in [6.07, 6.45) is 1.51. The Kier molecular flexibility index (Phi) is 6.44. The van der Waals surface area contributed by atoms with Gasteiger partial charge >= 0.3 is 4.87 Å². The molecule has 4 heterocycles. The number of furan rings is 1. The van der Waals surface area contributed by atoms with Crippen molar-refractivity contribution >= 4 is 78.9 Å². The zero-order chi connectivity index (χ0) is 28.2. The van der Waals surface area contributed by atoms with Gasteiger partial charge in [-0.1, -0.05) is 75.4 Å². The Morgan fingerprint density at radius 2 is 1.71 bits per heavy atom. The molecule has 0 spiro atoms. The highest BCUT2D eigenvalue weighted by molar-refractivity contribution is 9.10. The van der Waals surface area contributed by atoms with Gasteiger partial charge < -0.3 is 9.73 Å². The Morgan fingerprint density at radius 3 is 2.49 bits per heavy atom. The molecule has 8 nitrogen and oxygen atoms in total. The van der Waals surface area contributed by atoms with Crippen LogP contribution in [0.3, 0.4) is 0 Å². The van der Waals surface area contributed by atoms with Crippen molar-refractivity contribution in [3.63, 3.8) is 0 Å². The van der Waals surface area contributed by atoms with Crippen molar-refractivity contribution in [3.8, 4) is 0 Å². The molecule has 0 aliphatic carbocycles. The predicted molar refractivity (Wildman–Crippen MR) is 161 cm³/mol. The summed E-state index contributed by atoms with van der Waals surface area (Å²) in [7, 11) is 0. The van der Waals surface area contributed by atoms with Gasteiger partial charge in [0.05, 0.1) is 33.7 Å². The first-order valence-corrected chi connectivity index (χ1v) is 15.2. The zero-order valence-corrected chi connectivity index (χ0v) is 24.4. The van der Waals surface area contributed by atoms with E-state index in [4.69, 9.17) is 4.42 Å². The standard InChI is InChI=1S/C30H20BrN3O5S2/c31-17-10-12-18(13-11-17)34-27(36)24-23(21-9-4-14-39-21)26-29(40-25(24)28(34)37)33(30(38)41-26)15-22(35)32-20-8-3-6-16-5-1-2-7-19(16)20/h1-14,23-25H,15H2,(H,32,35)/t23-,24?,25?/m1/s1. The van der Waals surface area contributed by atoms with Crippen molar-refractivity contribution < 1.29 is 18.8 Å². The fourth-order valence-electron chi connectivity index (χ4n) is 5.54. The van der Waals surface area contributed by atoms with E-state index < -0.39 is 17.1 Å². The topological polar surface area (TPSA) is 102 Å². The molecule has 7 rings (SSSR count). The number of nitrogens with zero attached hydrogens (tertiary/aromatic N) is 2. The van der Waals surface area contributed by atoms with Gasteiger partial charge in [0.25, 0.3) is 0 Å². The summed E-state index contributed by atoms with van der Waals surface area (Å²) in [5, 5.41) is 4.54. The lowest BCUT2D eigenvalue weighted by molar-refractivity contribution is -0.122. The minimum absolute atomic E-state index is 0.234. The van der Waals surface area contributed by atoms with Gasteiger partial charge in [0.1, 0.15) is 17.6 Å². The summed E-state index contributed by atoms with van der Waals surface area (Å²) in [6, 6.07) is 23.8. The third-order valence-electron chi connectivity index (χ3n) is 7.35. The Hall–Kier alpha value is -3.93. The summed E-state index contributed by atoms with van der Waals surface area (Å²) in [6.45, 7) is -0.234. The maximum absolute atomic E-state index is 13.8. The Balaban J connectivity index is 1.25. The molecule has 204 valence electrons. The average Bonchev–Trinajstić information content (AvgIpc) is 3.67. The summed E-state index contributed by atoms with van der Waals surface area (Å²) < 4.78 is 7.97. The molecule has 1 fully saturated rings. The van der Waals surface area contributed by atoms with Gasteiger partial charge in [0.15, 0.2) is 0 Å². The van der Waals surface area contributed by atoms with Crippen LogP contribution < -0.4 is 15.1 Å². The Morgan fingerprint density at radius 1 is 0.927 bits per heavy atom. The minimum Gasteiger partial charge on any atom is -0.469 e. The van der Waals surface area contributed by atoms with Crippen LogP contribution in [0.15, 0.2) is 104 Å². The lowest BCUT2D eigenvalue weighted by Gasteiger charge is -2.29. The van der Waals surface area contributed by atoms with Gasteiger partial charge in [-0.05, 0) is 47.9 Å². The number of carbonyl (C=O) groups excluding carboxylic acids is 3. The van der Waals surface area contributed by atoms with Crippen LogP contribution in [0, 0.1) is 5.92 Å². The third kappa shape index (κ3) is 4.35. The number of amides is 3. The molecule has 1 N–H and O–H groups in total. The minimum atomic E-state index is -0.782. The second-order valence-corrected chi connectivity index (χ2v) is 12.8. The number of carbonyl (C=O) groups is 3. The van der Waals surface area contributed by atoms with Gasteiger partial charge in [-0.3, -0.25) is 23.7 Å². The first-order valence-electron chi connectivity index (χ1n) is 12.8. The van der Waals surface area contributed by atoms with Gasteiger partial charge in [-0.2, -0.15) is 0 Å². The van der Waals surface area contributed by atoms with E-state index in [0.29, 0.717) is 27.0 Å². The van der Waals surface area contributed by atoms with Gasteiger partial charge in [0, 0.05) is 15.5 Å². The number of rotatable bonds is 5. The van der Waals surface area contributed by atoms with Crippen LogP contribution in [0.25, 0.3) is 10.8 Å². The van der Waals surface area contributed by atoms with Crippen LogP contribution in [-0.4, -0.2) is 27.5 Å². The van der Waals surface area contributed by atoms with Gasteiger partial charge in [-0.15, -0.1) is 0 Å². The largest absolute Gasteiger partial charge is 0.469 e. The Bertz CT molecular complexity index is 1890. The summed E-state index contributed by atoms with van der Waals surface area (Å²) in [5.74, 6) is -1.97. The van der Waals surface area contributed by atoms with Crippen LogP contribution in [0.2, 0.25) is 0 Å². The van der Waals surface area contributed by atoms with E-state index in [2.05, 4.69) is 21.2 Å². The number of nitrogens with one attached hydrogen (secondary N) is 1. The van der Waals surface area contributed by atoms with E-state index in [0.717, 1.165) is 26.6 Å². The second kappa shape index (κ2) is 10.2. The molecule has 0 bridgehead atoms. The maximum Gasteiger partial charge on any atom is 0.308 e. The third-order valence-corrected chi connectivity index (χ3v) is 10.5. The lowest BCUT2D eigenvalue weighted by atomic mass is 9.87. The van der Waals surface area contributed by atoms with E-state index in [1.54, 1.807) is 36.4 Å². The number of aromatic nitrogens is 1. The number of imide groups is 1. The summed E-state index contributed by atoms with van der Waals surface area (Å²) in [4.78, 5) is 55.6. The zero-order valence-electron chi connectivity index (χ0n) is 21.2. The first-order chi connectivity index (χ1) is 19.9. The Labute approximate surface area is 250 Å². The summed E-state index contributed by atoms with van der Waals surface area (Å²) in [5.41, 5.74) is 1.12. The van der Waals surface area contributed by atoms with E-state index in [1.807, 2.05) is 42.5 Å². The van der Waals surface area contributed by atoms with E-state index in [1.165, 1.54) is 27.5 Å². The van der Waals surface area contributed by atoms with Crippen molar-refractivity contribution in [2.75, 3.05) is 10.2 Å². The fourth-order valence-corrected chi connectivity index (χ4v) is 8.56. The molecule has 3 amide bonds. The number of thiazole rings is 1. The molecule has 0 saturated carbocycles. The van der Waals surface area contributed by atoms with Crippen LogP contribution in [0.4, 0.5) is 11.4 Å². The molecule has 3 aromatic carbocycles. The highest BCUT2D eigenvalue weighted by Crippen LogP contribution is 2.54. The quantitative estimate of drug-likeness (QED) is 0.241. The van der Waals surface area contributed by atoms with Crippen LogP contribution in [0.1, 0.15) is 16.6 Å². The molecule has 2 aromatic heterocycles. The molecule has 5 aromatic rings. The SMILES string of the molecule is O=C(Cn1c2c(sc1=O)[C@H](c1ccco1)C1C(=O)N(c3ccc(Br)cc3)C(=O)C1S2)Nc1cccc2ccccc12. The van der Waals surface area contributed by atoms with E-state index in [-0.39, 0.29) is 29.1 Å². The number of halogens is 1. The van der Waals surface area contributed by atoms with E-state index in [9.17, 15) is 19.2 Å². The molecule has 2 unspecified atom stereocenters. The van der Waals surface area contributed by atoms with Crippen LogP contribution in [0.5, 0.6) is 0 Å². The molecule has 11 heteroatoms. The van der Waals surface area contributed by atoms with Crippen molar-refractivity contribution in [1.29, 1.82) is 0 Å². The van der Waals surface area contributed by atoms with Crippen LogP contribution in [-0.2, 0) is 20.9 Å². The van der Waals surface area contributed by atoms with Gasteiger partial charge in [-0.25, -0.2) is 4.90 Å². The molecule has 3 atom stereocenters.